The van der Waals surface area contributed by atoms with E-state index in [1.165, 1.54) is 6.07 Å². The molecule has 0 spiro atoms. The normalized spacial score (nSPS) is 12.1. The fraction of sp³-hybridized carbons (Fsp3) is 0.267. The van der Waals surface area contributed by atoms with Gasteiger partial charge < -0.3 is 20.0 Å². The Hall–Kier alpha value is -2.27. The summed E-state index contributed by atoms with van der Waals surface area (Å²) in [5, 5.41) is 8.85. The molecule has 3 N–H and O–H groups in total. The minimum absolute atomic E-state index is 0.0129. The van der Waals surface area contributed by atoms with E-state index in [9.17, 15) is 4.79 Å². The summed E-state index contributed by atoms with van der Waals surface area (Å²) in [6.07, 6.45) is 0.532. The fourth-order valence-corrected chi connectivity index (χ4v) is 2.17. The van der Waals surface area contributed by atoms with Crippen LogP contribution in [0.1, 0.15) is 27.8 Å². The molecule has 1 heterocycles. The first-order valence-electron chi connectivity index (χ1n) is 6.30. The second-order valence-electron chi connectivity index (χ2n) is 4.45. The summed E-state index contributed by atoms with van der Waals surface area (Å²) in [6.45, 7) is 0.420. The maximum atomic E-state index is 10.8. The number of nitrogens with two attached hydrogens (primary N) is 1. The molecule has 2 rings (SSSR count). The highest BCUT2D eigenvalue weighted by Gasteiger charge is 2.18. The number of rotatable bonds is 6. The summed E-state index contributed by atoms with van der Waals surface area (Å²) in [5.41, 5.74) is 6.82. The van der Waals surface area contributed by atoms with Crippen LogP contribution in [0.3, 0.4) is 0 Å². The van der Waals surface area contributed by atoms with Crippen LogP contribution in [0.15, 0.2) is 40.8 Å². The zero-order chi connectivity index (χ0) is 14.5. The van der Waals surface area contributed by atoms with Gasteiger partial charge in [-0.2, -0.15) is 0 Å². The Kier molecular flexibility index (Phi) is 4.42. The Bertz CT molecular complexity index is 591. The highest BCUT2D eigenvalue weighted by atomic mass is 16.5. The maximum absolute atomic E-state index is 10.8. The van der Waals surface area contributed by atoms with Crippen molar-refractivity contribution in [2.45, 2.75) is 12.3 Å². The van der Waals surface area contributed by atoms with E-state index in [0.717, 1.165) is 11.3 Å². The number of ether oxygens (including phenoxy) is 1. The highest BCUT2D eigenvalue weighted by Crippen LogP contribution is 2.29. The van der Waals surface area contributed by atoms with E-state index in [1.807, 2.05) is 24.3 Å². The molecule has 0 aliphatic carbocycles. The molecule has 1 aromatic carbocycles. The van der Waals surface area contributed by atoms with E-state index in [0.29, 0.717) is 18.7 Å². The van der Waals surface area contributed by atoms with Crippen LogP contribution in [0, 0.1) is 0 Å². The number of carboxylic acid groups (broad SMARTS) is 1. The van der Waals surface area contributed by atoms with Crippen LogP contribution < -0.4 is 10.5 Å². The van der Waals surface area contributed by atoms with Crippen molar-refractivity contribution in [3.8, 4) is 5.75 Å². The summed E-state index contributed by atoms with van der Waals surface area (Å²) in [5.74, 6) is 0.254. The molecule has 0 saturated heterocycles. The molecule has 1 aromatic heterocycles. The molecule has 0 amide bonds. The van der Waals surface area contributed by atoms with Crippen LogP contribution in [0.25, 0.3) is 0 Å². The van der Waals surface area contributed by atoms with Crippen LogP contribution in [0.4, 0.5) is 0 Å². The van der Waals surface area contributed by atoms with Crippen molar-refractivity contribution < 1.29 is 19.1 Å². The maximum Gasteiger partial charge on any atom is 0.371 e. The molecule has 0 aliphatic heterocycles. The number of carbonyl (C=O) groups is 1. The van der Waals surface area contributed by atoms with Crippen LogP contribution in [0.5, 0.6) is 5.75 Å². The van der Waals surface area contributed by atoms with Crippen molar-refractivity contribution in [3.63, 3.8) is 0 Å². The highest BCUT2D eigenvalue weighted by molar-refractivity contribution is 5.84. The summed E-state index contributed by atoms with van der Waals surface area (Å²) < 4.78 is 10.6. The molecule has 0 radical (unpaired) electrons. The second kappa shape index (κ2) is 6.25. The molecular weight excluding hydrogens is 258 g/mol. The van der Waals surface area contributed by atoms with E-state index in [2.05, 4.69) is 0 Å². The molecule has 0 fully saturated rings. The lowest BCUT2D eigenvalue weighted by atomic mass is 9.94. The summed E-state index contributed by atoms with van der Waals surface area (Å²) in [6, 6.07) is 10.8. The molecular formula is C15H17NO4. The molecule has 2 aromatic rings. The van der Waals surface area contributed by atoms with Gasteiger partial charge in [-0.3, -0.25) is 0 Å². The van der Waals surface area contributed by atoms with Gasteiger partial charge in [0, 0.05) is 12.3 Å². The fourth-order valence-electron chi connectivity index (χ4n) is 2.17. The summed E-state index contributed by atoms with van der Waals surface area (Å²) in [7, 11) is 1.61. The number of methoxy groups -OCH3 is 1. The predicted molar refractivity (Wildman–Crippen MR) is 74.2 cm³/mol. The number of hydrogen-bond donors (Lipinski definition) is 2. The monoisotopic (exact) mass is 275 g/mol. The molecule has 1 unspecified atom stereocenters. The third-order valence-corrected chi connectivity index (χ3v) is 3.18. The number of aromatic carboxylic acids is 1. The largest absolute Gasteiger partial charge is 0.496 e. The van der Waals surface area contributed by atoms with Crippen LogP contribution in [-0.2, 0) is 6.42 Å². The van der Waals surface area contributed by atoms with E-state index < -0.39 is 5.97 Å². The number of para-hydroxylation sites is 1. The third-order valence-electron chi connectivity index (χ3n) is 3.18. The number of benzene rings is 1. The Morgan fingerprint density at radius 2 is 2.10 bits per heavy atom. The first-order valence-corrected chi connectivity index (χ1v) is 6.30. The second-order valence-corrected chi connectivity index (χ2v) is 4.45. The zero-order valence-corrected chi connectivity index (χ0v) is 11.2. The van der Waals surface area contributed by atoms with Gasteiger partial charge in [0.15, 0.2) is 0 Å². The van der Waals surface area contributed by atoms with Crippen molar-refractivity contribution in [2.75, 3.05) is 13.7 Å². The Morgan fingerprint density at radius 3 is 2.70 bits per heavy atom. The van der Waals surface area contributed by atoms with Crippen LogP contribution >= 0.6 is 0 Å². The molecule has 20 heavy (non-hydrogen) atoms. The Labute approximate surface area is 117 Å². The van der Waals surface area contributed by atoms with Gasteiger partial charge in [-0.1, -0.05) is 18.2 Å². The van der Waals surface area contributed by atoms with Crippen LogP contribution in [0.2, 0.25) is 0 Å². The number of furan rings is 1. The number of hydrogen-bond acceptors (Lipinski definition) is 4. The van der Waals surface area contributed by atoms with Gasteiger partial charge in [0.25, 0.3) is 0 Å². The van der Waals surface area contributed by atoms with Crippen molar-refractivity contribution in [2.24, 2.45) is 5.73 Å². The average molecular weight is 275 g/mol. The van der Waals surface area contributed by atoms with Gasteiger partial charge in [0.2, 0.25) is 5.76 Å². The molecule has 5 nitrogen and oxygen atoms in total. The molecule has 0 saturated carbocycles. The Morgan fingerprint density at radius 1 is 1.35 bits per heavy atom. The lowest BCUT2D eigenvalue weighted by molar-refractivity contribution is 0.0660. The minimum Gasteiger partial charge on any atom is -0.496 e. The summed E-state index contributed by atoms with van der Waals surface area (Å²) in [4.78, 5) is 10.8. The molecule has 5 heteroatoms. The lowest BCUT2D eigenvalue weighted by Crippen LogP contribution is -2.15. The SMILES string of the molecule is COc1ccccc1C(CN)Cc1ccc(C(=O)O)o1. The summed E-state index contributed by atoms with van der Waals surface area (Å²) >= 11 is 0. The van der Waals surface area contributed by atoms with Gasteiger partial charge in [0.1, 0.15) is 11.5 Å². The van der Waals surface area contributed by atoms with Crippen molar-refractivity contribution >= 4 is 5.97 Å². The minimum atomic E-state index is -1.07. The lowest BCUT2D eigenvalue weighted by Gasteiger charge is -2.17. The third kappa shape index (κ3) is 3.00. The molecule has 106 valence electrons. The topological polar surface area (TPSA) is 85.7 Å². The van der Waals surface area contributed by atoms with Crippen molar-refractivity contribution in [1.82, 2.24) is 0 Å². The number of carboxylic acids is 1. The average Bonchev–Trinajstić information content (AvgIpc) is 2.93. The van der Waals surface area contributed by atoms with E-state index in [1.54, 1.807) is 13.2 Å². The van der Waals surface area contributed by atoms with E-state index in [-0.39, 0.29) is 11.7 Å². The predicted octanol–water partition coefficient (Wildman–Crippen LogP) is 2.27. The van der Waals surface area contributed by atoms with Crippen molar-refractivity contribution in [3.05, 3.63) is 53.5 Å². The molecule has 0 bridgehead atoms. The van der Waals surface area contributed by atoms with E-state index in [4.69, 9.17) is 20.0 Å². The first-order chi connectivity index (χ1) is 9.65. The smallest absolute Gasteiger partial charge is 0.371 e. The molecule has 0 aliphatic rings. The van der Waals surface area contributed by atoms with Gasteiger partial charge in [-0.15, -0.1) is 0 Å². The van der Waals surface area contributed by atoms with Crippen molar-refractivity contribution in [1.29, 1.82) is 0 Å². The van der Waals surface area contributed by atoms with Crippen LogP contribution in [-0.4, -0.2) is 24.7 Å². The molecule has 1 atom stereocenters. The van der Waals surface area contributed by atoms with Gasteiger partial charge in [0.05, 0.1) is 7.11 Å². The van der Waals surface area contributed by atoms with Gasteiger partial charge in [-0.25, -0.2) is 4.79 Å². The Balaban J connectivity index is 2.21. The quantitative estimate of drug-likeness (QED) is 0.844. The van der Waals surface area contributed by atoms with E-state index >= 15 is 0 Å². The standard InChI is InChI=1S/C15H17NO4/c1-19-13-5-3-2-4-12(13)10(9-16)8-11-6-7-14(20-11)15(17)18/h2-7,10H,8-9,16H2,1H3,(H,17,18). The van der Waals surface area contributed by atoms with Gasteiger partial charge in [-0.05, 0) is 30.3 Å². The zero-order valence-electron chi connectivity index (χ0n) is 11.2. The van der Waals surface area contributed by atoms with Gasteiger partial charge >= 0.3 is 5.97 Å². The first kappa shape index (κ1) is 14.1.